The second kappa shape index (κ2) is 10.9. The van der Waals surface area contributed by atoms with Crippen LogP contribution in [0.25, 0.3) is 32.6 Å². The first-order valence-corrected chi connectivity index (χ1v) is 12.7. The molecular formula is C24H33N7O3S. The number of anilines is 1. The Morgan fingerprint density at radius 3 is 2.66 bits per heavy atom. The van der Waals surface area contributed by atoms with E-state index in [1.165, 1.54) is 11.8 Å². The number of thiophene rings is 1. The molecule has 35 heavy (non-hydrogen) atoms. The fourth-order valence-electron chi connectivity index (χ4n) is 4.34. The van der Waals surface area contributed by atoms with Gasteiger partial charge in [0.1, 0.15) is 16.9 Å². The van der Waals surface area contributed by atoms with Gasteiger partial charge < -0.3 is 30.2 Å². The summed E-state index contributed by atoms with van der Waals surface area (Å²) >= 11 is 1.79. The van der Waals surface area contributed by atoms with Crippen molar-refractivity contribution in [1.82, 2.24) is 30.2 Å². The van der Waals surface area contributed by atoms with Crippen LogP contribution < -0.4 is 10.2 Å². The second-order valence-corrected chi connectivity index (χ2v) is 9.81. The number of hydrogen-bond donors (Lipinski definition) is 4. The van der Waals surface area contributed by atoms with Gasteiger partial charge in [-0.15, -0.1) is 11.3 Å². The number of rotatable bonds is 4. The van der Waals surface area contributed by atoms with E-state index in [2.05, 4.69) is 43.3 Å². The monoisotopic (exact) mass is 499 g/mol. The van der Waals surface area contributed by atoms with Gasteiger partial charge in [-0.3, -0.25) is 4.90 Å². The second-order valence-electron chi connectivity index (χ2n) is 8.69. The molecule has 0 saturated carbocycles. The van der Waals surface area contributed by atoms with Gasteiger partial charge in [0.05, 0.1) is 36.0 Å². The number of imidazole rings is 1. The van der Waals surface area contributed by atoms with Crippen molar-refractivity contribution < 1.29 is 16.4 Å². The summed E-state index contributed by atoms with van der Waals surface area (Å²) in [5, 5.41) is 19.8. The number of aliphatic hydroxyl groups is 2. The van der Waals surface area contributed by atoms with Crippen LogP contribution in [0.1, 0.15) is 13.2 Å². The molecule has 0 radical (unpaired) electrons. The van der Waals surface area contributed by atoms with E-state index in [9.17, 15) is 0 Å². The van der Waals surface area contributed by atoms with Crippen LogP contribution in [0.3, 0.4) is 0 Å². The number of piperazine rings is 1. The van der Waals surface area contributed by atoms with E-state index in [4.69, 9.17) is 24.9 Å². The number of hydrogen-bond acceptors (Lipinski definition) is 10. The molecule has 0 aliphatic carbocycles. The van der Waals surface area contributed by atoms with Crippen molar-refractivity contribution in [3.63, 3.8) is 0 Å². The van der Waals surface area contributed by atoms with Gasteiger partial charge in [-0.2, -0.15) is 0 Å². The largest absolute Gasteiger partial charge is 0.378 e. The minimum absolute atomic E-state index is 0. The molecule has 2 saturated heterocycles. The van der Waals surface area contributed by atoms with E-state index in [1.807, 2.05) is 6.07 Å². The summed E-state index contributed by atoms with van der Waals surface area (Å²) in [6, 6.07) is 8.46. The molecule has 5 heterocycles. The van der Waals surface area contributed by atoms with Crippen molar-refractivity contribution in [2.24, 2.45) is 0 Å². The molecular weight excluding hydrogens is 466 g/mol. The predicted octanol–water partition coefficient (Wildman–Crippen LogP) is 2.04. The van der Waals surface area contributed by atoms with Crippen LogP contribution in [0.4, 0.5) is 5.82 Å². The van der Waals surface area contributed by atoms with E-state index in [1.54, 1.807) is 17.7 Å². The quantitative estimate of drug-likeness (QED) is 0.312. The van der Waals surface area contributed by atoms with E-state index < -0.39 is 6.29 Å². The van der Waals surface area contributed by atoms with Gasteiger partial charge in [0.15, 0.2) is 5.82 Å². The Balaban J connectivity index is 0.000000569. The van der Waals surface area contributed by atoms with Gasteiger partial charge in [0.2, 0.25) is 0 Å². The number of aromatic amines is 1. The van der Waals surface area contributed by atoms with E-state index >= 15 is 0 Å². The Labute approximate surface area is 209 Å². The van der Waals surface area contributed by atoms with Gasteiger partial charge in [-0.1, -0.05) is 0 Å². The third-order valence-corrected chi connectivity index (χ3v) is 7.02. The van der Waals surface area contributed by atoms with Crippen LogP contribution in [0.15, 0.2) is 30.6 Å². The molecule has 4 N–H and O–H groups in total. The summed E-state index contributed by atoms with van der Waals surface area (Å²) in [6.07, 6.45) is 0.555. The molecule has 2 aliphatic rings. The number of nitrogens with one attached hydrogen (secondary N) is 2. The molecule has 2 fully saturated rings. The number of aromatic nitrogens is 4. The minimum atomic E-state index is -1.17. The molecule has 0 amide bonds. The van der Waals surface area contributed by atoms with Crippen molar-refractivity contribution in [1.29, 1.82) is 0 Å². The number of H-pyrrole nitrogens is 1. The first kappa shape index (κ1) is 24.0. The highest BCUT2D eigenvalue weighted by molar-refractivity contribution is 7.18. The lowest BCUT2D eigenvalue weighted by atomic mass is 10.2. The predicted molar refractivity (Wildman–Crippen MR) is 140 cm³/mol. The highest BCUT2D eigenvalue weighted by atomic mass is 32.1. The standard InChI is InChI=1S/C22H25N7OS.C2H6O2.H2/c1-2-18-19(25-14-24-18)11-15(1)20-26-21(29-7-9-30-10-8-29)17-12-16(31-22(17)27-20)13-28-5-3-23-4-6-28;1-2(3)4;/h1-2,11-12,14,23H,3-10,13H2,(H,24,25);2-4H,1H3;1H. The summed E-state index contributed by atoms with van der Waals surface area (Å²) in [4.78, 5) is 24.8. The average molecular weight is 500 g/mol. The zero-order valence-electron chi connectivity index (χ0n) is 19.8. The zero-order chi connectivity index (χ0) is 24.2. The molecule has 3 aromatic heterocycles. The number of aliphatic hydroxyl groups excluding tert-OH is 1. The molecule has 2 aliphatic heterocycles. The van der Waals surface area contributed by atoms with Crippen molar-refractivity contribution in [3.05, 3.63) is 35.5 Å². The van der Waals surface area contributed by atoms with Crippen LogP contribution in [0.5, 0.6) is 0 Å². The number of benzene rings is 1. The molecule has 0 spiro atoms. The maximum atomic E-state index is 7.61. The normalized spacial score (nSPS) is 17.2. The lowest BCUT2D eigenvalue weighted by Gasteiger charge is -2.28. The Bertz CT molecular complexity index is 1270. The zero-order valence-corrected chi connectivity index (χ0v) is 20.6. The number of morpholine rings is 1. The smallest absolute Gasteiger partial charge is 0.163 e. The van der Waals surface area contributed by atoms with E-state index in [-0.39, 0.29) is 1.43 Å². The van der Waals surface area contributed by atoms with Gasteiger partial charge in [0.25, 0.3) is 0 Å². The molecule has 0 bridgehead atoms. The fourth-order valence-corrected chi connectivity index (χ4v) is 5.41. The van der Waals surface area contributed by atoms with Crippen LogP contribution in [0.2, 0.25) is 0 Å². The third kappa shape index (κ3) is 5.77. The minimum Gasteiger partial charge on any atom is -0.378 e. The third-order valence-electron chi connectivity index (χ3n) is 6.00. The first-order valence-electron chi connectivity index (χ1n) is 11.9. The van der Waals surface area contributed by atoms with Crippen LogP contribution >= 0.6 is 11.3 Å². The molecule has 1 aromatic carbocycles. The summed E-state index contributed by atoms with van der Waals surface area (Å²) in [6.45, 7) is 9.73. The highest BCUT2D eigenvalue weighted by Crippen LogP contribution is 2.34. The SMILES string of the molecule is CC(O)O.[HH].c1nc2ccc(-c3nc(N4CCOCC4)c4cc(CN5CCNCC5)sc4n3)cc2[nH]1. The Morgan fingerprint density at radius 2 is 1.89 bits per heavy atom. The van der Waals surface area contributed by atoms with Gasteiger partial charge in [-0.05, 0) is 31.2 Å². The Morgan fingerprint density at radius 1 is 1.11 bits per heavy atom. The van der Waals surface area contributed by atoms with Crippen molar-refractivity contribution >= 4 is 38.4 Å². The van der Waals surface area contributed by atoms with Gasteiger partial charge >= 0.3 is 0 Å². The number of nitrogens with zero attached hydrogens (tertiary/aromatic N) is 5. The van der Waals surface area contributed by atoms with Gasteiger partial charge in [0, 0.05) is 57.7 Å². The summed E-state index contributed by atoms with van der Waals surface area (Å²) in [5.41, 5.74) is 2.96. The van der Waals surface area contributed by atoms with Crippen LogP contribution in [-0.4, -0.2) is 93.8 Å². The van der Waals surface area contributed by atoms with Crippen LogP contribution in [-0.2, 0) is 11.3 Å². The highest BCUT2D eigenvalue weighted by Gasteiger charge is 2.21. The Hall–Kier alpha value is -2.67. The first-order chi connectivity index (χ1) is 17.1. The van der Waals surface area contributed by atoms with E-state index in [0.717, 1.165) is 97.5 Å². The number of ether oxygens (including phenoxy) is 1. The maximum absolute atomic E-state index is 7.61. The van der Waals surface area contributed by atoms with E-state index in [0.29, 0.717) is 0 Å². The molecule has 10 nitrogen and oxygen atoms in total. The molecule has 11 heteroatoms. The Kier molecular flexibility index (Phi) is 7.51. The summed E-state index contributed by atoms with van der Waals surface area (Å²) in [5.74, 6) is 1.79. The molecule has 4 aromatic rings. The average Bonchev–Trinajstić information content (AvgIpc) is 3.50. The van der Waals surface area contributed by atoms with Crippen molar-refractivity contribution in [2.75, 3.05) is 57.4 Å². The summed E-state index contributed by atoms with van der Waals surface area (Å²) in [7, 11) is 0. The number of fused-ring (bicyclic) bond motifs is 2. The maximum Gasteiger partial charge on any atom is 0.163 e. The van der Waals surface area contributed by atoms with Gasteiger partial charge in [-0.25, -0.2) is 15.0 Å². The fraction of sp³-hybridized carbons (Fsp3) is 0.458. The molecule has 0 atom stereocenters. The van der Waals surface area contributed by atoms with Crippen LogP contribution in [0, 0.1) is 0 Å². The topological polar surface area (TPSA) is 123 Å². The lowest BCUT2D eigenvalue weighted by Crippen LogP contribution is -2.42. The molecule has 188 valence electrons. The van der Waals surface area contributed by atoms with Crippen molar-refractivity contribution in [2.45, 2.75) is 19.8 Å². The summed E-state index contributed by atoms with van der Waals surface area (Å²) < 4.78 is 5.59. The van der Waals surface area contributed by atoms with Crippen molar-refractivity contribution in [3.8, 4) is 11.4 Å². The lowest BCUT2D eigenvalue weighted by molar-refractivity contribution is -0.0228. The molecule has 0 unspecified atom stereocenters. The molecule has 6 rings (SSSR count).